The van der Waals surface area contributed by atoms with E-state index >= 15 is 0 Å². The van der Waals surface area contributed by atoms with E-state index in [1.165, 1.54) is 11.3 Å². The maximum absolute atomic E-state index is 12.8. The number of nitrogens with zero attached hydrogens (tertiary/aromatic N) is 2. The van der Waals surface area contributed by atoms with Crippen LogP contribution in [0.15, 0.2) is 36.4 Å². The summed E-state index contributed by atoms with van der Waals surface area (Å²) in [6.07, 6.45) is 2.37. The Hall–Kier alpha value is -1.89. The molecule has 0 spiro atoms. The van der Waals surface area contributed by atoms with Crippen LogP contribution in [0.2, 0.25) is 0 Å². The Bertz CT molecular complexity index is 761. The van der Waals surface area contributed by atoms with E-state index in [0.29, 0.717) is 6.04 Å². The van der Waals surface area contributed by atoms with Gasteiger partial charge in [0, 0.05) is 37.1 Å². The minimum absolute atomic E-state index is 0.0131. The first-order valence-corrected chi connectivity index (χ1v) is 10.2. The number of thiophene rings is 1. The third-order valence-electron chi connectivity index (χ3n) is 5.25. The van der Waals surface area contributed by atoms with E-state index in [-0.39, 0.29) is 5.91 Å². The summed E-state index contributed by atoms with van der Waals surface area (Å²) in [4.78, 5) is 19.5. The maximum atomic E-state index is 12.8. The lowest BCUT2D eigenvalue weighted by Crippen LogP contribution is -2.44. The molecule has 2 aliphatic rings. The van der Waals surface area contributed by atoms with Crippen LogP contribution in [0.25, 0.3) is 0 Å². The standard InChI is InChI=1S/C20H26N4OS/c1-23-11-13-24(14-12-23)17-7-3-2-5-15(17)22-20(25)19-9-8-18(26-19)16-6-4-10-21-16/h2-3,5,7-9,16,21H,4,6,10-14H2,1H3,(H,22,25). The lowest BCUT2D eigenvalue weighted by molar-refractivity contribution is 0.103. The molecular formula is C20H26N4OS. The van der Waals surface area contributed by atoms with Crippen LogP contribution in [0.5, 0.6) is 0 Å². The highest BCUT2D eigenvalue weighted by Crippen LogP contribution is 2.31. The van der Waals surface area contributed by atoms with Crippen LogP contribution in [0.1, 0.15) is 33.4 Å². The van der Waals surface area contributed by atoms with E-state index in [2.05, 4.69) is 39.6 Å². The van der Waals surface area contributed by atoms with Gasteiger partial charge in [0.05, 0.1) is 16.3 Å². The lowest BCUT2D eigenvalue weighted by atomic mass is 10.2. The van der Waals surface area contributed by atoms with Crippen LogP contribution >= 0.6 is 11.3 Å². The number of hydrogen-bond donors (Lipinski definition) is 2. The fourth-order valence-electron chi connectivity index (χ4n) is 3.68. The zero-order valence-corrected chi connectivity index (χ0v) is 16.0. The molecule has 1 aromatic carbocycles. The summed E-state index contributed by atoms with van der Waals surface area (Å²) < 4.78 is 0. The van der Waals surface area contributed by atoms with Gasteiger partial charge in [-0.1, -0.05) is 12.1 Å². The number of para-hydroxylation sites is 2. The Morgan fingerprint density at radius 1 is 1.15 bits per heavy atom. The topological polar surface area (TPSA) is 47.6 Å². The summed E-state index contributed by atoms with van der Waals surface area (Å²) in [5.74, 6) is -0.0131. The van der Waals surface area contributed by atoms with E-state index in [4.69, 9.17) is 0 Å². The van der Waals surface area contributed by atoms with Crippen molar-refractivity contribution in [1.29, 1.82) is 0 Å². The van der Waals surface area contributed by atoms with Gasteiger partial charge >= 0.3 is 0 Å². The first-order chi connectivity index (χ1) is 12.7. The molecule has 1 aromatic heterocycles. The van der Waals surface area contributed by atoms with Crippen LogP contribution in [0, 0.1) is 0 Å². The summed E-state index contributed by atoms with van der Waals surface area (Å²) in [6, 6.07) is 12.6. The van der Waals surface area contributed by atoms with Gasteiger partial charge in [0.25, 0.3) is 5.91 Å². The number of amides is 1. The summed E-state index contributed by atoms with van der Waals surface area (Å²) in [5.41, 5.74) is 2.01. The molecule has 0 saturated carbocycles. The van der Waals surface area contributed by atoms with Crippen molar-refractivity contribution in [1.82, 2.24) is 10.2 Å². The van der Waals surface area contributed by atoms with E-state index in [9.17, 15) is 4.79 Å². The summed E-state index contributed by atoms with van der Waals surface area (Å²) in [5, 5.41) is 6.63. The maximum Gasteiger partial charge on any atom is 0.265 e. The van der Waals surface area contributed by atoms with Gasteiger partial charge in [-0.05, 0) is 50.7 Å². The third kappa shape index (κ3) is 3.77. The third-order valence-corrected chi connectivity index (χ3v) is 6.45. The number of rotatable bonds is 4. The van der Waals surface area contributed by atoms with E-state index in [1.54, 1.807) is 11.3 Å². The normalized spacial score (nSPS) is 21.1. The monoisotopic (exact) mass is 370 g/mol. The number of likely N-dealkylation sites (N-methyl/N-ethyl adjacent to an activating group) is 1. The second-order valence-electron chi connectivity index (χ2n) is 7.11. The smallest absolute Gasteiger partial charge is 0.265 e. The minimum atomic E-state index is -0.0131. The van der Waals surface area contributed by atoms with Crippen molar-refractivity contribution in [3.63, 3.8) is 0 Å². The number of carbonyl (C=O) groups is 1. The quantitative estimate of drug-likeness (QED) is 0.868. The minimum Gasteiger partial charge on any atom is -0.367 e. The fourth-order valence-corrected chi connectivity index (χ4v) is 4.69. The second-order valence-corrected chi connectivity index (χ2v) is 8.23. The molecule has 4 rings (SSSR count). The number of carbonyl (C=O) groups excluding carboxylic acids is 1. The zero-order chi connectivity index (χ0) is 17.9. The van der Waals surface area contributed by atoms with Crippen LogP contribution in [0.3, 0.4) is 0 Å². The molecule has 0 aliphatic carbocycles. The molecule has 2 aromatic rings. The first-order valence-electron chi connectivity index (χ1n) is 9.38. The molecule has 26 heavy (non-hydrogen) atoms. The Morgan fingerprint density at radius 2 is 1.96 bits per heavy atom. The van der Waals surface area contributed by atoms with Gasteiger partial charge in [-0.3, -0.25) is 4.79 Å². The van der Waals surface area contributed by atoms with Crippen molar-refractivity contribution in [3.05, 3.63) is 46.2 Å². The highest BCUT2D eigenvalue weighted by Gasteiger charge is 2.21. The summed E-state index contributed by atoms with van der Waals surface area (Å²) in [7, 11) is 2.15. The van der Waals surface area contributed by atoms with Crippen molar-refractivity contribution >= 4 is 28.6 Å². The van der Waals surface area contributed by atoms with Crippen molar-refractivity contribution in [2.75, 3.05) is 50.0 Å². The van der Waals surface area contributed by atoms with Crippen molar-refractivity contribution < 1.29 is 4.79 Å². The van der Waals surface area contributed by atoms with Gasteiger partial charge in [0.15, 0.2) is 0 Å². The number of benzene rings is 1. The lowest BCUT2D eigenvalue weighted by Gasteiger charge is -2.35. The molecule has 5 nitrogen and oxygen atoms in total. The first kappa shape index (κ1) is 17.5. The van der Waals surface area contributed by atoms with Gasteiger partial charge in [-0.2, -0.15) is 0 Å². The Morgan fingerprint density at radius 3 is 2.73 bits per heavy atom. The average molecular weight is 371 g/mol. The van der Waals surface area contributed by atoms with Gasteiger partial charge in [-0.15, -0.1) is 11.3 Å². The SMILES string of the molecule is CN1CCN(c2ccccc2NC(=O)c2ccc(C3CCCN3)s2)CC1. The predicted octanol–water partition coefficient (Wildman–Crippen LogP) is 3.18. The zero-order valence-electron chi connectivity index (χ0n) is 15.2. The van der Waals surface area contributed by atoms with Crippen LogP contribution in [-0.4, -0.2) is 50.6 Å². The highest BCUT2D eigenvalue weighted by molar-refractivity contribution is 7.14. The molecule has 0 radical (unpaired) electrons. The molecule has 1 atom stereocenters. The largest absolute Gasteiger partial charge is 0.367 e. The van der Waals surface area contributed by atoms with Gasteiger partial charge in [0.2, 0.25) is 0 Å². The highest BCUT2D eigenvalue weighted by atomic mass is 32.1. The molecule has 1 amide bonds. The molecular weight excluding hydrogens is 344 g/mol. The average Bonchev–Trinajstić information content (AvgIpc) is 3.34. The van der Waals surface area contributed by atoms with Gasteiger partial charge in [0.1, 0.15) is 0 Å². The Balaban J connectivity index is 1.48. The number of nitrogens with one attached hydrogen (secondary N) is 2. The van der Waals surface area contributed by atoms with Gasteiger partial charge in [-0.25, -0.2) is 0 Å². The van der Waals surface area contributed by atoms with Crippen LogP contribution in [0.4, 0.5) is 11.4 Å². The molecule has 2 N–H and O–H groups in total. The molecule has 2 saturated heterocycles. The number of hydrogen-bond acceptors (Lipinski definition) is 5. The molecule has 2 aliphatic heterocycles. The van der Waals surface area contributed by atoms with E-state index < -0.39 is 0 Å². The number of anilines is 2. The van der Waals surface area contributed by atoms with Crippen LogP contribution in [-0.2, 0) is 0 Å². The molecule has 0 bridgehead atoms. The van der Waals surface area contributed by atoms with Crippen molar-refractivity contribution in [2.45, 2.75) is 18.9 Å². The molecule has 2 fully saturated rings. The second kappa shape index (κ2) is 7.78. The Kier molecular flexibility index (Phi) is 5.24. The van der Waals surface area contributed by atoms with E-state index in [1.807, 2.05) is 24.3 Å². The summed E-state index contributed by atoms with van der Waals surface area (Å²) in [6.45, 7) is 5.14. The van der Waals surface area contributed by atoms with Crippen molar-refractivity contribution in [2.24, 2.45) is 0 Å². The predicted molar refractivity (Wildman–Crippen MR) is 108 cm³/mol. The van der Waals surface area contributed by atoms with Crippen molar-refractivity contribution in [3.8, 4) is 0 Å². The molecule has 3 heterocycles. The van der Waals surface area contributed by atoms with Gasteiger partial charge < -0.3 is 20.4 Å². The van der Waals surface area contributed by atoms with E-state index in [0.717, 1.165) is 55.4 Å². The summed E-state index contributed by atoms with van der Waals surface area (Å²) >= 11 is 1.60. The Labute approximate surface area is 159 Å². The molecule has 1 unspecified atom stereocenters. The molecule has 138 valence electrons. The van der Waals surface area contributed by atoms with Crippen LogP contribution < -0.4 is 15.5 Å². The molecule has 6 heteroatoms. The fraction of sp³-hybridized carbons (Fsp3) is 0.450. The number of piperazine rings is 1.